The Morgan fingerprint density at radius 2 is 1.82 bits per heavy atom. The second-order valence-electron chi connectivity index (χ2n) is 5.16. The molecule has 0 radical (unpaired) electrons. The van der Waals surface area contributed by atoms with E-state index < -0.39 is 0 Å². The number of fused-ring (bicyclic) bond motifs is 2. The van der Waals surface area contributed by atoms with E-state index in [1.165, 1.54) is 16.3 Å². The fraction of sp³-hybridized carbons (Fsp3) is 0.0625. The molecule has 4 aromatic rings. The van der Waals surface area contributed by atoms with Gasteiger partial charge in [0.15, 0.2) is 10.4 Å². The zero-order chi connectivity index (χ0) is 15.1. The molecule has 0 amide bonds. The second-order valence-corrected chi connectivity index (χ2v) is 5.98. The van der Waals surface area contributed by atoms with Crippen LogP contribution >= 0.6 is 24.4 Å². The molecule has 0 aliphatic rings. The minimum absolute atomic E-state index is 0.494. The molecule has 108 valence electrons. The van der Waals surface area contributed by atoms with Crippen LogP contribution in [0.3, 0.4) is 0 Å². The summed E-state index contributed by atoms with van der Waals surface area (Å²) in [5.41, 5.74) is 2.79. The number of nitrogens with zero attached hydrogens (tertiary/aromatic N) is 2. The number of imidazole rings is 1. The van der Waals surface area contributed by atoms with Crippen LogP contribution in [-0.4, -0.2) is 19.5 Å². The molecule has 0 aliphatic carbocycles. The smallest absolute Gasteiger partial charge is 0.177 e. The number of H-pyrrole nitrogens is 2. The van der Waals surface area contributed by atoms with Crippen LogP contribution in [0.15, 0.2) is 48.8 Å². The van der Waals surface area contributed by atoms with E-state index in [-0.39, 0.29) is 0 Å². The summed E-state index contributed by atoms with van der Waals surface area (Å²) in [6.45, 7) is 0.712. The summed E-state index contributed by atoms with van der Waals surface area (Å²) in [5.74, 6) is 0. The van der Waals surface area contributed by atoms with Gasteiger partial charge in [-0.3, -0.25) is 0 Å². The SMILES string of the molecule is S=c1[nH]c(=S)c2c(ncn2Cc2ccc3ccccc3c2)[nH]1. The highest BCUT2D eigenvalue weighted by Crippen LogP contribution is 2.18. The topological polar surface area (TPSA) is 49.4 Å². The van der Waals surface area contributed by atoms with Crippen molar-refractivity contribution in [3.63, 3.8) is 0 Å². The Kier molecular flexibility index (Phi) is 3.13. The van der Waals surface area contributed by atoms with Crippen LogP contribution in [0, 0.1) is 9.41 Å². The molecule has 2 aromatic heterocycles. The van der Waals surface area contributed by atoms with Crippen LogP contribution in [-0.2, 0) is 6.54 Å². The minimum atomic E-state index is 0.494. The standard InChI is InChI=1S/C16H12N4S2/c21-15-13-14(18-16(22)19-15)17-9-20(13)8-10-5-6-11-3-1-2-4-12(11)7-10/h1-7,9H,8H2,(H2,18,19,21,22). The van der Waals surface area contributed by atoms with Gasteiger partial charge in [-0.2, -0.15) is 0 Å². The first-order chi connectivity index (χ1) is 10.7. The van der Waals surface area contributed by atoms with E-state index in [1.54, 1.807) is 6.33 Å². The van der Waals surface area contributed by atoms with Gasteiger partial charge in [0.25, 0.3) is 0 Å². The first-order valence-electron chi connectivity index (χ1n) is 6.86. The quantitative estimate of drug-likeness (QED) is 0.539. The lowest BCUT2D eigenvalue weighted by Crippen LogP contribution is -1.99. The van der Waals surface area contributed by atoms with Crippen LogP contribution in [0.25, 0.3) is 21.9 Å². The molecule has 0 aliphatic heterocycles. The van der Waals surface area contributed by atoms with E-state index in [0.29, 0.717) is 16.0 Å². The van der Waals surface area contributed by atoms with Crippen molar-refractivity contribution in [1.82, 2.24) is 19.5 Å². The van der Waals surface area contributed by atoms with Gasteiger partial charge in [0.1, 0.15) is 10.2 Å². The normalized spacial score (nSPS) is 11.3. The van der Waals surface area contributed by atoms with Crippen LogP contribution in [0.5, 0.6) is 0 Å². The number of aromatic nitrogens is 4. The van der Waals surface area contributed by atoms with Crippen LogP contribution in [0.1, 0.15) is 5.56 Å². The molecular formula is C16H12N4S2. The van der Waals surface area contributed by atoms with Gasteiger partial charge in [-0.05, 0) is 34.6 Å². The number of nitrogens with one attached hydrogen (secondary N) is 2. The van der Waals surface area contributed by atoms with Gasteiger partial charge in [-0.1, -0.05) is 48.6 Å². The Morgan fingerprint density at radius 3 is 2.68 bits per heavy atom. The molecule has 22 heavy (non-hydrogen) atoms. The molecule has 0 saturated heterocycles. The molecule has 0 atom stereocenters. The van der Waals surface area contributed by atoms with Crippen molar-refractivity contribution in [1.29, 1.82) is 0 Å². The number of hydrogen-bond acceptors (Lipinski definition) is 3. The van der Waals surface area contributed by atoms with Gasteiger partial charge in [-0.25, -0.2) is 4.98 Å². The van der Waals surface area contributed by atoms with Gasteiger partial charge in [0, 0.05) is 6.54 Å². The van der Waals surface area contributed by atoms with Crippen molar-refractivity contribution in [3.8, 4) is 0 Å². The fourth-order valence-corrected chi connectivity index (χ4v) is 3.25. The number of aromatic amines is 2. The number of rotatable bonds is 2. The predicted molar refractivity (Wildman–Crippen MR) is 93.2 cm³/mol. The lowest BCUT2D eigenvalue weighted by Gasteiger charge is -2.06. The Morgan fingerprint density at radius 1 is 1.00 bits per heavy atom. The molecule has 2 N–H and O–H groups in total. The van der Waals surface area contributed by atoms with E-state index in [1.807, 2.05) is 10.6 Å². The maximum absolute atomic E-state index is 5.37. The Labute approximate surface area is 136 Å². The molecule has 4 nitrogen and oxygen atoms in total. The zero-order valence-corrected chi connectivity index (χ0v) is 13.2. The molecule has 0 fully saturated rings. The van der Waals surface area contributed by atoms with E-state index in [0.717, 1.165) is 11.2 Å². The third-order valence-electron chi connectivity index (χ3n) is 3.68. The summed E-state index contributed by atoms with van der Waals surface area (Å²) in [6.07, 6.45) is 1.79. The number of benzene rings is 2. The van der Waals surface area contributed by atoms with Gasteiger partial charge < -0.3 is 14.5 Å². The highest BCUT2D eigenvalue weighted by Gasteiger charge is 2.06. The highest BCUT2D eigenvalue weighted by molar-refractivity contribution is 7.72. The summed E-state index contributed by atoms with van der Waals surface area (Å²) in [7, 11) is 0. The predicted octanol–water partition coefficient (Wildman–Crippen LogP) is 4.35. The summed E-state index contributed by atoms with van der Waals surface area (Å²) >= 11 is 10.5. The summed E-state index contributed by atoms with van der Waals surface area (Å²) in [5, 5.41) is 2.47. The van der Waals surface area contributed by atoms with Gasteiger partial charge in [-0.15, -0.1) is 0 Å². The van der Waals surface area contributed by atoms with Crippen LogP contribution in [0.2, 0.25) is 0 Å². The van der Waals surface area contributed by atoms with Crippen molar-refractivity contribution in [2.24, 2.45) is 0 Å². The molecule has 2 heterocycles. The maximum Gasteiger partial charge on any atom is 0.177 e. The molecule has 0 saturated carbocycles. The second kappa shape index (κ2) is 5.15. The molecule has 0 unspecified atom stereocenters. The average Bonchev–Trinajstić information content (AvgIpc) is 2.90. The van der Waals surface area contributed by atoms with E-state index in [2.05, 4.69) is 51.4 Å². The van der Waals surface area contributed by atoms with Crippen LogP contribution in [0.4, 0.5) is 0 Å². The third-order valence-corrected chi connectivity index (χ3v) is 4.18. The first-order valence-corrected chi connectivity index (χ1v) is 7.67. The van der Waals surface area contributed by atoms with Crippen molar-refractivity contribution >= 4 is 46.4 Å². The molecule has 4 rings (SSSR count). The highest BCUT2D eigenvalue weighted by atomic mass is 32.1. The number of hydrogen-bond donors (Lipinski definition) is 2. The molecular weight excluding hydrogens is 312 g/mol. The van der Waals surface area contributed by atoms with Crippen LogP contribution < -0.4 is 0 Å². The fourth-order valence-electron chi connectivity index (χ4n) is 2.67. The molecule has 0 bridgehead atoms. The van der Waals surface area contributed by atoms with E-state index >= 15 is 0 Å². The lowest BCUT2D eigenvalue weighted by atomic mass is 10.1. The van der Waals surface area contributed by atoms with Crippen molar-refractivity contribution in [3.05, 3.63) is 63.8 Å². The monoisotopic (exact) mass is 324 g/mol. The third kappa shape index (κ3) is 2.26. The van der Waals surface area contributed by atoms with E-state index in [9.17, 15) is 0 Å². The van der Waals surface area contributed by atoms with Gasteiger partial charge >= 0.3 is 0 Å². The Bertz CT molecular complexity index is 1100. The van der Waals surface area contributed by atoms with Gasteiger partial charge in [0.05, 0.1) is 6.33 Å². The average molecular weight is 324 g/mol. The first kappa shape index (κ1) is 13.4. The summed E-state index contributed by atoms with van der Waals surface area (Å²) < 4.78 is 3.13. The molecule has 6 heteroatoms. The van der Waals surface area contributed by atoms with Crippen molar-refractivity contribution in [2.75, 3.05) is 0 Å². The summed E-state index contributed by atoms with van der Waals surface area (Å²) in [6, 6.07) is 14.8. The van der Waals surface area contributed by atoms with Crippen molar-refractivity contribution in [2.45, 2.75) is 6.54 Å². The molecule has 2 aromatic carbocycles. The summed E-state index contributed by atoms with van der Waals surface area (Å²) in [4.78, 5) is 10.3. The zero-order valence-electron chi connectivity index (χ0n) is 11.5. The minimum Gasteiger partial charge on any atom is -0.322 e. The molecule has 0 spiro atoms. The van der Waals surface area contributed by atoms with Crippen molar-refractivity contribution < 1.29 is 0 Å². The van der Waals surface area contributed by atoms with Gasteiger partial charge in [0.2, 0.25) is 0 Å². The lowest BCUT2D eigenvalue weighted by molar-refractivity contribution is 0.822. The largest absolute Gasteiger partial charge is 0.322 e. The maximum atomic E-state index is 5.37. The Balaban J connectivity index is 1.82. The van der Waals surface area contributed by atoms with E-state index in [4.69, 9.17) is 24.4 Å². The Hall–Kier alpha value is -2.31.